The van der Waals surface area contributed by atoms with Crippen LogP contribution in [-0.2, 0) is 28.5 Å². The number of hydrogen-bond donors (Lipinski definition) is 12. The van der Waals surface area contributed by atoms with Crippen molar-refractivity contribution in [2.75, 3.05) is 6.54 Å². The number of nitrogens with two attached hydrogens (primary N) is 1. The van der Waals surface area contributed by atoms with Gasteiger partial charge in [0.15, 0.2) is 12.1 Å². The minimum atomic E-state index is -2.25. The first-order chi connectivity index (χ1) is 32.2. The molecule has 386 valence electrons. The molecule has 18 nitrogen and oxygen atoms in total. The summed E-state index contributed by atoms with van der Waals surface area (Å²) >= 11 is 0. The zero-order valence-electron chi connectivity index (χ0n) is 40.0. The molecule has 0 aromatic heterocycles. The number of rotatable bonds is 5. The van der Waals surface area contributed by atoms with Crippen LogP contribution in [0.15, 0.2) is 85.1 Å². The number of esters is 1. The van der Waals surface area contributed by atoms with Crippen molar-refractivity contribution in [1.29, 1.82) is 0 Å². The van der Waals surface area contributed by atoms with Crippen LogP contribution in [0.25, 0.3) is 0 Å². The van der Waals surface area contributed by atoms with Crippen molar-refractivity contribution >= 4 is 11.9 Å². The summed E-state index contributed by atoms with van der Waals surface area (Å²) in [5.74, 6) is -5.48. The van der Waals surface area contributed by atoms with Gasteiger partial charge in [0.2, 0.25) is 5.91 Å². The van der Waals surface area contributed by atoms with Crippen molar-refractivity contribution in [3.63, 3.8) is 0 Å². The smallest absolute Gasteiger partial charge is 0.308 e. The Morgan fingerprint density at radius 1 is 0.706 bits per heavy atom. The Labute approximate surface area is 400 Å². The fraction of sp³-hybridized carbons (Fsp3) is 0.680. The molecule has 3 aliphatic rings. The third-order valence-corrected chi connectivity index (χ3v) is 12.6. The SMILES string of the molecule is CCCNC(=O)[C@H]1[C@@H]2C[C@@H](O[C@@H]3O[C@H](C)[C@@H](O)[C@H](N)[C@@H]3O)C=CC=CC=CC=CC=CC=CC=C[C@H](C)[C@@H](O)[C@@H](C)[C@H](C)OC(=O)C[C@H](O)C[C@H](O)CC[C@@H](O)[C@H](O)C[C@H](O)C[C@](O)(C[C@@H]1O)O2. The van der Waals surface area contributed by atoms with E-state index in [0.717, 1.165) is 0 Å². The van der Waals surface area contributed by atoms with Crippen molar-refractivity contribution in [2.24, 2.45) is 23.5 Å². The molecule has 68 heavy (non-hydrogen) atoms. The average molecular weight is 965 g/mol. The van der Waals surface area contributed by atoms with Gasteiger partial charge in [-0.15, -0.1) is 0 Å². The lowest BCUT2D eigenvalue weighted by Gasteiger charge is -2.46. The van der Waals surface area contributed by atoms with Gasteiger partial charge in [-0.2, -0.15) is 0 Å². The van der Waals surface area contributed by atoms with E-state index in [2.05, 4.69) is 5.32 Å². The predicted molar refractivity (Wildman–Crippen MR) is 253 cm³/mol. The monoisotopic (exact) mass is 965 g/mol. The molecule has 0 saturated carbocycles. The number of amides is 1. The van der Waals surface area contributed by atoms with Gasteiger partial charge in [-0.05, 0) is 39.5 Å². The van der Waals surface area contributed by atoms with Crippen molar-refractivity contribution in [2.45, 2.75) is 190 Å². The molecule has 3 rings (SSSR count). The topological polar surface area (TPSA) is 311 Å². The molecule has 2 saturated heterocycles. The number of hydrogen-bond acceptors (Lipinski definition) is 17. The summed E-state index contributed by atoms with van der Waals surface area (Å²) in [7, 11) is 0. The second kappa shape index (κ2) is 29.7. The van der Waals surface area contributed by atoms with Crippen LogP contribution in [0.4, 0.5) is 0 Å². The molecule has 3 aliphatic heterocycles. The maximum Gasteiger partial charge on any atom is 0.308 e. The van der Waals surface area contributed by atoms with E-state index in [9.17, 15) is 60.7 Å². The van der Waals surface area contributed by atoms with Crippen molar-refractivity contribution in [3.8, 4) is 0 Å². The molecule has 13 N–H and O–H groups in total. The van der Waals surface area contributed by atoms with Gasteiger partial charge in [0.25, 0.3) is 0 Å². The number of aliphatic hydroxyl groups excluding tert-OH is 9. The van der Waals surface area contributed by atoms with E-state index in [0.29, 0.717) is 6.42 Å². The van der Waals surface area contributed by atoms with Crippen molar-refractivity contribution in [1.82, 2.24) is 5.32 Å². The molecule has 0 aromatic rings. The van der Waals surface area contributed by atoms with Crippen LogP contribution in [0.5, 0.6) is 0 Å². The minimum absolute atomic E-state index is 0.0884. The van der Waals surface area contributed by atoms with Gasteiger partial charge >= 0.3 is 5.97 Å². The summed E-state index contributed by atoms with van der Waals surface area (Å²) in [5.41, 5.74) is 6.09. The summed E-state index contributed by atoms with van der Waals surface area (Å²) in [6.45, 7) is 8.94. The third kappa shape index (κ3) is 19.8. The number of allylic oxidation sites excluding steroid dienone is 12. The van der Waals surface area contributed by atoms with Gasteiger partial charge in [0.1, 0.15) is 12.2 Å². The fourth-order valence-corrected chi connectivity index (χ4v) is 8.36. The molecule has 3 heterocycles. The van der Waals surface area contributed by atoms with Gasteiger partial charge < -0.3 is 81.1 Å². The van der Waals surface area contributed by atoms with Gasteiger partial charge in [0, 0.05) is 44.1 Å². The highest BCUT2D eigenvalue weighted by molar-refractivity contribution is 5.80. The summed E-state index contributed by atoms with van der Waals surface area (Å²) < 4.78 is 23.7. The van der Waals surface area contributed by atoms with Gasteiger partial charge in [0.05, 0.1) is 85.5 Å². The van der Waals surface area contributed by atoms with E-state index < -0.39 is 147 Å². The van der Waals surface area contributed by atoms with E-state index in [1.54, 1.807) is 63.3 Å². The normalized spacial score (nSPS) is 40.7. The van der Waals surface area contributed by atoms with Gasteiger partial charge in [-0.3, -0.25) is 9.59 Å². The molecule has 0 aromatic carbocycles. The summed E-state index contributed by atoms with van der Waals surface area (Å²) in [6.07, 6.45) is 5.67. The van der Waals surface area contributed by atoms with E-state index in [-0.39, 0.29) is 38.1 Å². The Morgan fingerprint density at radius 2 is 1.29 bits per heavy atom. The number of cyclic esters (lactones) is 1. The lowest BCUT2D eigenvalue weighted by atomic mass is 9.82. The summed E-state index contributed by atoms with van der Waals surface area (Å²) in [5, 5.41) is 112. The Kier molecular flexibility index (Phi) is 25.7. The highest BCUT2D eigenvalue weighted by atomic mass is 16.7. The van der Waals surface area contributed by atoms with Crippen LogP contribution >= 0.6 is 0 Å². The van der Waals surface area contributed by atoms with E-state index in [4.69, 9.17) is 24.7 Å². The van der Waals surface area contributed by atoms with Crippen LogP contribution in [0.3, 0.4) is 0 Å². The van der Waals surface area contributed by atoms with Crippen LogP contribution < -0.4 is 11.1 Å². The van der Waals surface area contributed by atoms with Crippen LogP contribution in [0, 0.1) is 17.8 Å². The average Bonchev–Trinajstić information content (AvgIpc) is 3.26. The molecule has 19 atom stereocenters. The van der Waals surface area contributed by atoms with E-state index >= 15 is 0 Å². The Hall–Kier alpha value is -3.44. The number of aliphatic hydroxyl groups is 10. The second-order valence-corrected chi connectivity index (χ2v) is 18.5. The first-order valence-corrected chi connectivity index (χ1v) is 23.9. The molecule has 2 fully saturated rings. The van der Waals surface area contributed by atoms with E-state index in [1.807, 2.05) is 56.4 Å². The number of fused-ring (bicyclic) bond motifs is 2. The molecular weight excluding hydrogens is 885 g/mol. The first-order valence-electron chi connectivity index (χ1n) is 23.9. The second-order valence-electron chi connectivity index (χ2n) is 18.5. The maximum atomic E-state index is 13.6. The molecular formula is C50H80N2O16. The van der Waals surface area contributed by atoms with Crippen LogP contribution in [0.2, 0.25) is 0 Å². The standard InChI is InChI=1S/C50H80N2O16/c1-6-23-52-48(63)43-40(58)29-50(64)28-36(55)25-39(57)38(56)22-21-34(53)24-35(54)26-42(59)65-32(4)31(3)45(60)30(2)19-17-15-13-11-9-7-8-10-12-14-16-18-20-37(27-41(43)68-50)67-49-47(62)44(51)46(61)33(5)66-49/h7-20,30-41,43-47,49,53-58,60-62,64H,6,21-29,51H2,1-5H3,(H,52,63)/t30-,31-,32-,33+,34+,35+,36-,37-,38+,39+,40-,41-,43+,44-,45+,46+,47-,49-,50+/m0/s1. The lowest BCUT2D eigenvalue weighted by molar-refractivity contribution is -0.307. The molecule has 0 unspecified atom stereocenters. The molecule has 0 aliphatic carbocycles. The number of carbonyl (C=O) groups excluding carboxylic acids is 2. The Morgan fingerprint density at radius 3 is 1.90 bits per heavy atom. The van der Waals surface area contributed by atoms with Crippen LogP contribution in [-0.4, -0.2) is 167 Å². The number of ether oxygens (including phenoxy) is 4. The lowest BCUT2D eigenvalue weighted by Crippen LogP contribution is -2.62. The quantitative estimate of drug-likeness (QED) is 0.172. The molecule has 18 heteroatoms. The van der Waals surface area contributed by atoms with Gasteiger partial charge in [-0.1, -0.05) is 106 Å². The molecule has 0 radical (unpaired) electrons. The Balaban J connectivity index is 1.91. The third-order valence-electron chi connectivity index (χ3n) is 12.6. The van der Waals surface area contributed by atoms with Crippen molar-refractivity contribution in [3.05, 3.63) is 85.1 Å². The number of carbonyl (C=O) groups is 2. The molecule has 0 spiro atoms. The molecule has 1 amide bonds. The predicted octanol–water partition coefficient (Wildman–Crippen LogP) is 1.15. The Bertz CT molecular complexity index is 1720. The zero-order chi connectivity index (χ0) is 50.6. The maximum absolute atomic E-state index is 13.6. The highest BCUT2D eigenvalue weighted by Crippen LogP contribution is 2.38. The first kappa shape index (κ1) is 58.9. The largest absolute Gasteiger partial charge is 0.462 e. The summed E-state index contributed by atoms with van der Waals surface area (Å²) in [4.78, 5) is 26.2. The molecule has 2 bridgehead atoms. The van der Waals surface area contributed by atoms with Crippen molar-refractivity contribution < 1.29 is 79.6 Å². The van der Waals surface area contributed by atoms with Gasteiger partial charge in [-0.25, -0.2) is 0 Å². The highest BCUT2D eigenvalue weighted by Gasteiger charge is 2.51. The fourth-order valence-electron chi connectivity index (χ4n) is 8.36. The zero-order valence-corrected chi connectivity index (χ0v) is 40.0. The van der Waals surface area contributed by atoms with E-state index in [1.165, 1.54) is 0 Å². The minimum Gasteiger partial charge on any atom is -0.462 e. The number of nitrogens with one attached hydrogen (secondary N) is 1. The van der Waals surface area contributed by atoms with Crippen LogP contribution in [0.1, 0.15) is 92.4 Å². The summed E-state index contributed by atoms with van der Waals surface area (Å²) in [6, 6.07) is -1.12.